The van der Waals surface area contributed by atoms with Crippen LogP contribution in [0.5, 0.6) is 0 Å². The Balaban J connectivity index is 2.36. The molecule has 0 aliphatic carbocycles. The Kier molecular flexibility index (Phi) is 5.12. The molecule has 3 heteroatoms. The van der Waals surface area contributed by atoms with Crippen LogP contribution in [0.25, 0.3) is 0 Å². The Morgan fingerprint density at radius 2 is 2.20 bits per heavy atom. The second-order valence-corrected chi connectivity index (χ2v) is 3.99. The molecular formula is C12H20N2O. The van der Waals surface area contributed by atoms with Gasteiger partial charge in [0.25, 0.3) is 0 Å². The van der Waals surface area contributed by atoms with E-state index in [9.17, 15) is 0 Å². The SMILES string of the molecule is CCNc1ccc(COCC(C)C)cn1. The summed E-state index contributed by atoms with van der Waals surface area (Å²) < 4.78 is 5.52. The normalized spacial score (nSPS) is 10.7. The average Bonchev–Trinajstić information content (AvgIpc) is 2.20. The van der Waals surface area contributed by atoms with Crippen LogP contribution in [-0.4, -0.2) is 18.1 Å². The molecule has 0 aromatic carbocycles. The molecule has 1 N–H and O–H groups in total. The molecule has 1 aromatic heterocycles. The highest BCUT2D eigenvalue weighted by Gasteiger charge is 1.97. The van der Waals surface area contributed by atoms with Crippen LogP contribution in [0.2, 0.25) is 0 Å². The maximum Gasteiger partial charge on any atom is 0.125 e. The van der Waals surface area contributed by atoms with Crippen LogP contribution in [0.4, 0.5) is 5.82 Å². The summed E-state index contributed by atoms with van der Waals surface area (Å²) in [4.78, 5) is 4.28. The quantitative estimate of drug-likeness (QED) is 0.780. The minimum absolute atomic E-state index is 0.582. The molecule has 0 unspecified atom stereocenters. The van der Waals surface area contributed by atoms with Crippen molar-refractivity contribution >= 4 is 5.82 Å². The Bertz CT molecular complexity index is 269. The highest BCUT2D eigenvalue weighted by molar-refractivity contribution is 5.34. The zero-order chi connectivity index (χ0) is 11.1. The first-order valence-corrected chi connectivity index (χ1v) is 5.49. The summed E-state index contributed by atoms with van der Waals surface area (Å²) in [5.74, 6) is 1.50. The molecule has 84 valence electrons. The molecule has 0 aliphatic rings. The second-order valence-electron chi connectivity index (χ2n) is 3.99. The number of hydrogen-bond acceptors (Lipinski definition) is 3. The van der Waals surface area contributed by atoms with Gasteiger partial charge in [0.2, 0.25) is 0 Å². The molecule has 15 heavy (non-hydrogen) atoms. The minimum Gasteiger partial charge on any atom is -0.376 e. The third kappa shape index (κ3) is 4.79. The molecular weight excluding hydrogens is 188 g/mol. The van der Waals surface area contributed by atoms with E-state index in [1.807, 2.05) is 18.3 Å². The van der Waals surface area contributed by atoms with Crippen molar-refractivity contribution < 1.29 is 4.74 Å². The largest absolute Gasteiger partial charge is 0.376 e. The summed E-state index contributed by atoms with van der Waals surface area (Å²) in [7, 11) is 0. The lowest BCUT2D eigenvalue weighted by molar-refractivity contribution is 0.0969. The zero-order valence-electron chi connectivity index (χ0n) is 9.79. The molecule has 0 amide bonds. The fourth-order valence-corrected chi connectivity index (χ4v) is 1.21. The van der Waals surface area contributed by atoms with E-state index in [1.54, 1.807) is 0 Å². The highest BCUT2D eigenvalue weighted by Crippen LogP contribution is 2.06. The number of hydrogen-bond donors (Lipinski definition) is 1. The van der Waals surface area contributed by atoms with E-state index in [0.29, 0.717) is 12.5 Å². The molecule has 1 aromatic rings. The summed E-state index contributed by atoms with van der Waals surface area (Å²) in [6.07, 6.45) is 1.86. The van der Waals surface area contributed by atoms with Crippen LogP contribution in [0, 0.1) is 5.92 Å². The number of nitrogens with one attached hydrogen (secondary N) is 1. The van der Waals surface area contributed by atoms with Gasteiger partial charge in [-0.25, -0.2) is 4.98 Å². The summed E-state index contributed by atoms with van der Waals surface area (Å²) >= 11 is 0. The highest BCUT2D eigenvalue weighted by atomic mass is 16.5. The van der Waals surface area contributed by atoms with E-state index in [-0.39, 0.29) is 0 Å². The van der Waals surface area contributed by atoms with Crippen LogP contribution in [0.3, 0.4) is 0 Å². The van der Waals surface area contributed by atoms with Gasteiger partial charge < -0.3 is 10.1 Å². The van der Waals surface area contributed by atoms with Gasteiger partial charge >= 0.3 is 0 Å². The Hall–Kier alpha value is -1.09. The van der Waals surface area contributed by atoms with Crippen molar-refractivity contribution in [1.82, 2.24) is 4.98 Å². The van der Waals surface area contributed by atoms with Crippen molar-refractivity contribution in [1.29, 1.82) is 0 Å². The number of anilines is 1. The Morgan fingerprint density at radius 1 is 1.40 bits per heavy atom. The lowest BCUT2D eigenvalue weighted by atomic mass is 10.2. The standard InChI is InChI=1S/C12H20N2O/c1-4-13-12-6-5-11(7-14-12)9-15-8-10(2)3/h5-7,10H,4,8-9H2,1-3H3,(H,13,14). The van der Waals surface area contributed by atoms with Gasteiger partial charge in [0.15, 0.2) is 0 Å². The average molecular weight is 208 g/mol. The topological polar surface area (TPSA) is 34.1 Å². The van der Waals surface area contributed by atoms with Gasteiger partial charge in [-0.1, -0.05) is 19.9 Å². The Morgan fingerprint density at radius 3 is 2.73 bits per heavy atom. The lowest BCUT2D eigenvalue weighted by Gasteiger charge is -2.07. The number of nitrogens with zero attached hydrogens (tertiary/aromatic N) is 1. The summed E-state index contributed by atoms with van der Waals surface area (Å²) in [5, 5.41) is 3.16. The van der Waals surface area contributed by atoms with Gasteiger partial charge in [-0.2, -0.15) is 0 Å². The van der Waals surface area contributed by atoms with Crippen molar-refractivity contribution in [3.63, 3.8) is 0 Å². The summed E-state index contributed by atoms with van der Waals surface area (Å²) in [6, 6.07) is 4.03. The second kappa shape index (κ2) is 6.40. The van der Waals surface area contributed by atoms with E-state index < -0.39 is 0 Å². The number of ether oxygens (including phenoxy) is 1. The third-order valence-electron chi connectivity index (χ3n) is 1.90. The van der Waals surface area contributed by atoms with E-state index in [2.05, 4.69) is 31.1 Å². The molecule has 3 nitrogen and oxygen atoms in total. The Labute approximate surface area is 91.9 Å². The van der Waals surface area contributed by atoms with Crippen LogP contribution in [-0.2, 0) is 11.3 Å². The molecule has 0 atom stereocenters. The maximum atomic E-state index is 5.52. The molecule has 0 saturated carbocycles. The fraction of sp³-hybridized carbons (Fsp3) is 0.583. The monoisotopic (exact) mass is 208 g/mol. The molecule has 0 saturated heterocycles. The van der Waals surface area contributed by atoms with Gasteiger partial charge in [-0.3, -0.25) is 0 Å². The minimum atomic E-state index is 0.582. The van der Waals surface area contributed by atoms with Crippen LogP contribution in [0.1, 0.15) is 26.3 Å². The van der Waals surface area contributed by atoms with Crippen LogP contribution in [0.15, 0.2) is 18.3 Å². The van der Waals surface area contributed by atoms with Crippen molar-refractivity contribution in [2.45, 2.75) is 27.4 Å². The molecule has 0 fully saturated rings. The summed E-state index contributed by atoms with van der Waals surface area (Å²) in [6.45, 7) is 8.70. The molecule has 1 heterocycles. The first-order chi connectivity index (χ1) is 7.22. The van der Waals surface area contributed by atoms with E-state index >= 15 is 0 Å². The molecule has 0 radical (unpaired) electrons. The number of aromatic nitrogens is 1. The zero-order valence-corrected chi connectivity index (χ0v) is 9.79. The predicted octanol–water partition coefficient (Wildman–Crippen LogP) is 2.69. The molecule has 0 bridgehead atoms. The van der Waals surface area contributed by atoms with Crippen LogP contribution < -0.4 is 5.32 Å². The number of rotatable bonds is 6. The van der Waals surface area contributed by atoms with Gasteiger partial charge in [0.1, 0.15) is 5.82 Å². The van der Waals surface area contributed by atoms with Gasteiger partial charge in [0, 0.05) is 19.3 Å². The third-order valence-corrected chi connectivity index (χ3v) is 1.90. The van der Waals surface area contributed by atoms with E-state index in [1.165, 1.54) is 0 Å². The first kappa shape index (κ1) is 12.0. The van der Waals surface area contributed by atoms with Crippen LogP contribution >= 0.6 is 0 Å². The first-order valence-electron chi connectivity index (χ1n) is 5.49. The maximum absolute atomic E-state index is 5.52. The van der Waals surface area contributed by atoms with E-state index in [0.717, 1.165) is 24.5 Å². The van der Waals surface area contributed by atoms with E-state index in [4.69, 9.17) is 4.74 Å². The van der Waals surface area contributed by atoms with Crippen molar-refractivity contribution in [3.8, 4) is 0 Å². The smallest absolute Gasteiger partial charge is 0.125 e. The fourth-order valence-electron chi connectivity index (χ4n) is 1.21. The molecule has 0 spiro atoms. The van der Waals surface area contributed by atoms with Crippen molar-refractivity contribution in [3.05, 3.63) is 23.9 Å². The predicted molar refractivity (Wildman–Crippen MR) is 62.9 cm³/mol. The van der Waals surface area contributed by atoms with Gasteiger partial charge in [0.05, 0.1) is 6.61 Å². The molecule has 0 aliphatic heterocycles. The lowest BCUT2D eigenvalue weighted by Crippen LogP contribution is -2.03. The van der Waals surface area contributed by atoms with Crippen molar-refractivity contribution in [2.75, 3.05) is 18.5 Å². The van der Waals surface area contributed by atoms with Gasteiger partial charge in [-0.15, -0.1) is 0 Å². The molecule has 1 rings (SSSR count). The number of pyridine rings is 1. The van der Waals surface area contributed by atoms with Gasteiger partial charge in [-0.05, 0) is 24.5 Å². The summed E-state index contributed by atoms with van der Waals surface area (Å²) in [5.41, 5.74) is 1.12. The van der Waals surface area contributed by atoms with Crippen molar-refractivity contribution in [2.24, 2.45) is 5.92 Å².